The number of carbonyl (C=O) groups excluding carboxylic acids is 1. The van der Waals surface area contributed by atoms with Gasteiger partial charge in [-0.2, -0.15) is 0 Å². The Morgan fingerprint density at radius 3 is 2.81 bits per heavy atom. The van der Waals surface area contributed by atoms with Crippen molar-refractivity contribution in [3.8, 4) is 5.75 Å². The number of hydrogen-bond acceptors (Lipinski definition) is 4. The summed E-state index contributed by atoms with van der Waals surface area (Å²) in [4.78, 5) is 11.8. The van der Waals surface area contributed by atoms with E-state index >= 15 is 0 Å². The number of anilines is 1. The first-order valence-corrected chi connectivity index (χ1v) is 7.55. The van der Waals surface area contributed by atoms with Crippen LogP contribution in [-0.2, 0) is 4.79 Å². The van der Waals surface area contributed by atoms with E-state index in [-0.39, 0.29) is 12.3 Å². The minimum Gasteiger partial charge on any atom is -0.493 e. The van der Waals surface area contributed by atoms with Crippen LogP contribution in [0.25, 0.3) is 0 Å². The molecule has 1 aliphatic carbocycles. The molecule has 0 heterocycles. The van der Waals surface area contributed by atoms with Gasteiger partial charge in [0.25, 0.3) is 0 Å². The van der Waals surface area contributed by atoms with Crippen LogP contribution < -0.4 is 15.8 Å². The van der Waals surface area contributed by atoms with Crippen molar-refractivity contribution in [2.24, 2.45) is 0 Å². The van der Waals surface area contributed by atoms with Crippen LogP contribution in [0.3, 0.4) is 0 Å². The number of aliphatic hydroxyl groups is 1. The van der Waals surface area contributed by atoms with E-state index in [2.05, 4.69) is 5.32 Å². The highest BCUT2D eigenvalue weighted by Crippen LogP contribution is 2.27. The molecule has 1 fully saturated rings. The van der Waals surface area contributed by atoms with Crippen LogP contribution in [0.5, 0.6) is 5.75 Å². The highest BCUT2D eigenvalue weighted by molar-refractivity contribution is 5.76. The number of amides is 1. The van der Waals surface area contributed by atoms with Crippen LogP contribution in [0, 0.1) is 0 Å². The summed E-state index contributed by atoms with van der Waals surface area (Å²) in [5.74, 6) is 0.562. The van der Waals surface area contributed by atoms with Gasteiger partial charge in [-0.15, -0.1) is 0 Å². The molecule has 1 aliphatic rings. The minimum absolute atomic E-state index is 0.0992. The summed E-state index contributed by atoms with van der Waals surface area (Å²) < 4.78 is 5.47. The zero-order valence-corrected chi connectivity index (χ0v) is 12.3. The molecule has 0 bridgehead atoms. The van der Waals surface area contributed by atoms with Crippen molar-refractivity contribution in [3.05, 3.63) is 24.3 Å². The van der Waals surface area contributed by atoms with Crippen molar-refractivity contribution in [2.45, 2.75) is 44.1 Å². The molecule has 21 heavy (non-hydrogen) atoms. The van der Waals surface area contributed by atoms with Gasteiger partial charge in [0.2, 0.25) is 5.91 Å². The van der Waals surface area contributed by atoms with Gasteiger partial charge in [0, 0.05) is 18.3 Å². The standard InChI is InChI=1S/C16H24N2O3/c17-13-5-4-6-14(11-13)21-10-7-15(19)18-12-16(20)8-2-1-3-9-16/h4-6,11,20H,1-3,7-10,12,17H2,(H,18,19). The first-order valence-electron chi connectivity index (χ1n) is 7.55. The number of rotatable bonds is 6. The van der Waals surface area contributed by atoms with Crippen molar-refractivity contribution in [2.75, 3.05) is 18.9 Å². The molecule has 1 aromatic carbocycles. The van der Waals surface area contributed by atoms with Crippen LogP contribution in [0.15, 0.2) is 24.3 Å². The zero-order valence-electron chi connectivity index (χ0n) is 12.3. The summed E-state index contributed by atoms with van der Waals surface area (Å²) >= 11 is 0. The Morgan fingerprint density at radius 1 is 1.33 bits per heavy atom. The van der Waals surface area contributed by atoms with E-state index in [0.717, 1.165) is 25.7 Å². The van der Waals surface area contributed by atoms with E-state index in [0.29, 0.717) is 24.6 Å². The van der Waals surface area contributed by atoms with Crippen LogP contribution in [0.1, 0.15) is 38.5 Å². The summed E-state index contributed by atoms with van der Waals surface area (Å²) in [6.07, 6.45) is 5.05. The molecule has 0 spiro atoms. The molecule has 0 radical (unpaired) electrons. The predicted octanol–water partition coefficient (Wildman–Crippen LogP) is 1.85. The number of hydrogen-bond donors (Lipinski definition) is 3. The second-order valence-corrected chi connectivity index (χ2v) is 5.73. The average Bonchev–Trinajstić information content (AvgIpc) is 2.46. The number of ether oxygens (including phenoxy) is 1. The Kier molecular flexibility index (Phi) is 5.44. The quantitative estimate of drug-likeness (QED) is 0.699. The van der Waals surface area contributed by atoms with Gasteiger partial charge in [0.05, 0.1) is 18.6 Å². The smallest absolute Gasteiger partial charge is 0.223 e. The molecule has 0 unspecified atom stereocenters. The highest BCUT2D eigenvalue weighted by Gasteiger charge is 2.29. The summed E-state index contributed by atoms with van der Waals surface area (Å²) in [5, 5.41) is 13.1. The van der Waals surface area contributed by atoms with Crippen LogP contribution in [0.4, 0.5) is 5.69 Å². The molecule has 0 aliphatic heterocycles. The summed E-state index contributed by atoms with van der Waals surface area (Å²) in [6.45, 7) is 0.637. The van der Waals surface area contributed by atoms with E-state index in [1.165, 1.54) is 6.42 Å². The van der Waals surface area contributed by atoms with E-state index in [4.69, 9.17) is 10.5 Å². The Bertz CT molecular complexity index is 470. The molecule has 5 nitrogen and oxygen atoms in total. The van der Waals surface area contributed by atoms with Gasteiger partial charge in [-0.3, -0.25) is 4.79 Å². The van der Waals surface area contributed by atoms with Gasteiger partial charge in [0.15, 0.2) is 0 Å². The first kappa shape index (κ1) is 15.6. The zero-order chi connectivity index (χ0) is 15.1. The average molecular weight is 292 g/mol. The molecule has 0 aromatic heterocycles. The molecule has 4 N–H and O–H groups in total. The number of benzene rings is 1. The fraction of sp³-hybridized carbons (Fsp3) is 0.562. The normalized spacial score (nSPS) is 17.2. The molecular weight excluding hydrogens is 268 g/mol. The lowest BCUT2D eigenvalue weighted by atomic mass is 9.85. The maximum absolute atomic E-state index is 11.8. The largest absolute Gasteiger partial charge is 0.493 e. The Balaban J connectivity index is 1.65. The molecular formula is C16H24N2O3. The molecule has 0 atom stereocenters. The van der Waals surface area contributed by atoms with E-state index in [1.807, 2.05) is 6.07 Å². The Morgan fingerprint density at radius 2 is 2.10 bits per heavy atom. The molecule has 5 heteroatoms. The Hall–Kier alpha value is -1.75. The summed E-state index contributed by atoms with van der Waals surface area (Å²) in [5.41, 5.74) is 5.56. The van der Waals surface area contributed by atoms with Gasteiger partial charge in [0.1, 0.15) is 5.75 Å². The summed E-state index contributed by atoms with van der Waals surface area (Å²) in [7, 11) is 0. The van der Waals surface area contributed by atoms with E-state index in [1.54, 1.807) is 18.2 Å². The van der Waals surface area contributed by atoms with Gasteiger partial charge in [-0.05, 0) is 25.0 Å². The number of nitrogens with one attached hydrogen (secondary N) is 1. The van der Waals surface area contributed by atoms with E-state index in [9.17, 15) is 9.90 Å². The number of nitrogen functional groups attached to an aromatic ring is 1. The highest BCUT2D eigenvalue weighted by atomic mass is 16.5. The molecule has 2 rings (SSSR count). The molecule has 0 saturated heterocycles. The second-order valence-electron chi connectivity index (χ2n) is 5.73. The van der Waals surface area contributed by atoms with Crippen LogP contribution >= 0.6 is 0 Å². The number of nitrogens with two attached hydrogens (primary N) is 1. The van der Waals surface area contributed by atoms with Crippen molar-refractivity contribution in [1.82, 2.24) is 5.32 Å². The third-order valence-electron chi connectivity index (χ3n) is 3.85. The van der Waals surface area contributed by atoms with Crippen LogP contribution in [-0.4, -0.2) is 29.8 Å². The Labute approximate surface area is 125 Å². The van der Waals surface area contributed by atoms with Crippen molar-refractivity contribution in [1.29, 1.82) is 0 Å². The van der Waals surface area contributed by atoms with E-state index < -0.39 is 5.60 Å². The van der Waals surface area contributed by atoms with Crippen molar-refractivity contribution >= 4 is 11.6 Å². The lowest BCUT2D eigenvalue weighted by Crippen LogP contribution is -2.44. The van der Waals surface area contributed by atoms with Gasteiger partial charge < -0.3 is 20.9 Å². The topological polar surface area (TPSA) is 84.6 Å². The second kappa shape index (κ2) is 7.31. The fourth-order valence-corrected chi connectivity index (χ4v) is 2.60. The van der Waals surface area contributed by atoms with Gasteiger partial charge in [-0.25, -0.2) is 0 Å². The first-order chi connectivity index (χ1) is 10.1. The lowest BCUT2D eigenvalue weighted by Gasteiger charge is -2.32. The maximum Gasteiger partial charge on any atom is 0.223 e. The molecule has 1 saturated carbocycles. The number of carbonyl (C=O) groups is 1. The predicted molar refractivity (Wildman–Crippen MR) is 82.0 cm³/mol. The minimum atomic E-state index is -0.720. The molecule has 1 aromatic rings. The fourth-order valence-electron chi connectivity index (χ4n) is 2.60. The van der Waals surface area contributed by atoms with Crippen molar-refractivity contribution < 1.29 is 14.6 Å². The maximum atomic E-state index is 11.8. The lowest BCUT2D eigenvalue weighted by molar-refractivity contribution is -0.123. The third-order valence-corrected chi connectivity index (χ3v) is 3.85. The third kappa shape index (κ3) is 5.27. The van der Waals surface area contributed by atoms with Gasteiger partial charge in [-0.1, -0.05) is 25.3 Å². The monoisotopic (exact) mass is 292 g/mol. The van der Waals surface area contributed by atoms with Gasteiger partial charge >= 0.3 is 0 Å². The summed E-state index contributed by atoms with van der Waals surface area (Å²) in [6, 6.07) is 7.12. The molecule has 1 amide bonds. The molecule has 116 valence electrons. The van der Waals surface area contributed by atoms with Crippen LogP contribution in [0.2, 0.25) is 0 Å². The van der Waals surface area contributed by atoms with Crippen molar-refractivity contribution in [3.63, 3.8) is 0 Å². The SMILES string of the molecule is Nc1cccc(OCCC(=O)NCC2(O)CCCCC2)c1.